The third-order valence-corrected chi connectivity index (χ3v) is 8.55. The highest BCUT2D eigenvalue weighted by Crippen LogP contribution is 2.46. The van der Waals surface area contributed by atoms with Gasteiger partial charge in [-0.1, -0.05) is 72.4 Å². The number of amides is 1. The first-order valence-corrected chi connectivity index (χ1v) is 13.1. The van der Waals surface area contributed by atoms with Crippen molar-refractivity contribution in [1.82, 2.24) is 25.1 Å². The molecule has 2 aliphatic heterocycles. The minimum absolute atomic E-state index is 0.196. The summed E-state index contributed by atoms with van der Waals surface area (Å²) >= 11 is 2.82. The average Bonchev–Trinajstić information content (AvgIpc) is 3.34. The van der Waals surface area contributed by atoms with Crippen LogP contribution >= 0.6 is 23.5 Å². The third-order valence-electron chi connectivity index (χ3n) is 6.06. The van der Waals surface area contributed by atoms with Gasteiger partial charge in [0.15, 0.2) is 6.10 Å². The van der Waals surface area contributed by atoms with E-state index in [1.807, 2.05) is 60.7 Å². The van der Waals surface area contributed by atoms with E-state index in [4.69, 9.17) is 15.2 Å². The van der Waals surface area contributed by atoms with Crippen LogP contribution in [0.5, 0.6) is 0 Å². The monoisotopic (exact) mass is 524 g/mol. The summed E-state index contributed by atoms with van der Waals surface area (Å²) in [6.45, 7) is 0. The minimum atomic E-state index is -1.49. The number of hydrogen-bond acceptors (Lipinski definition) is 10. The Kier molecular flexibility index (Phi) is 6.84. The van der Waals surface area contributed by atoms with Crippen LogP contribution in [0.15, 0.2) is 77.1 Å². The Morgan fingerprint density at radius 1 is 1.19 bits per heavy atom. The maximum atomic E-state index is 13.8. The number of esters is 1. The Morgan fingerprint density at radius 3 is 2.39 bits per heavy atom. The Bertz CT molecular complexity index is 1260. The van der Waals surface area contributed by atoms with Crippen molar-refractivity contribution < 1.29 is 19.1 Å². The van der Waals surface area contributed by atoms with Gasteiger partial charge in [-0.25, -0.2) is 9.48 Å². The van der Waals surface area contributed by atoms with Crippen LogP contribution in [0, 0.1) is 0 Å². The van der Waals surface area contributed by atoms with Crippen LogP contribution in [0.3, 0.4) is 0 Å². The number of methoxy groups -OCH3 is 1. The molecule has 10 nitrogen and oxygen atoms in total. The second-order valence-electron chi connectivity index (χ2n) is 8.27. The molecule has 1 unspecified atom stereocenters. The maximum Gasteiger partial charge on any atom is 0.356 e. The molecule has 2 aliphatic rings. The smallest absolute Gasteiger partial charge is 0.356 e. The van der Waals surface area contributed by atoms with Gasteiger partial charge < -0.3 is 9.47 Å². The molecule has 3 aromatic rings. The van der Waals surface area contributed by atoms with Crippen molar-refractivity contribution in [2.75, 3.05) is 18.6 Å². The van der Waals surface area contributed by atoms with Crippen LogP contribution in [0.1, 0.15) is 17.2 Å². The van der Waals surface area contributed by atoms with Crippen LogP contribution in [0.2, 0.25) is 0 Å². The molecule has 1 amide bonds. The van der Waals surface area contributed by atoms with Gasteiger partial charge in [0.25, 0.3) is 5.91 Å². The van der Waals surface area contributed by atoms with E-state index in [0.717, 1.165) is 16.7 Å². The fourth-order valence-corrected chi connectivity index (χ4v) is 6.53. The zero-order valence-corrected chi connectivity index (χ0v) is 21.2. The predicted octanol–water partition coefficient (Wildman–Crippen LogP) is 2.11. The molecule has 0 bridgehead atoms. The topological polar surface area (TPSA) is 125 Å². The molecule has 1 aromatic heterocycles. The fraction of sp³-hybridized carbons (Fsp3) is 0.292. The molecule has 1 fully saturated rings. The van der Waals surface area contributed by atoms with Gasteiger partial charge in [0.2, 0.25) is 10.9 Å². The van der Waals surface area contributed by atoms with E-state index >= 15 is 0 Å². The van der Waals surface area contributed by atoms with Crippen molar-refractivity contribution in [3.05, 3.63) is 83.1 Å². The Labute approximate surface area is 216 Å². The van der Waals surface area contributed by atoms with Crippen LogP contribution in [0.25, 0.3) is 0 Å². The van der Waals surface area contributed by atoms with Gasteiger partial charge in [-0.05, 0) is 27.1 Å². The Hall–Kier alpha value is -3.19. The molecular weight excluding hydrogens is 500 g/mol. The van der Waals surface area contributed by atoms with Gasteiger partial charge in [-0.2, -0.15) is 0 Å². The number of benzene rings is 2. The summed E-state index contributed by atoms with van der Waals surface area (Å²) in [5.74, 6) is -0.210. The van der Waals surface area contributed by atoms with E-state index in [9.17, 15) is 9.59 Å². The molecule has 0 saturated carbocycles. The molecule has 2 aromatic carbocycles. The Morgan fingerprint density at radius 2 is 1.83 bits per heavy atom. The number of thioether (sulfide) groups is 2. The number of carbonyl (C=O) groups excluding carboxylic acids is 2. The predicted molar refractivity (Wildman–Crippen MR) is 134 cm³/mol. The van der Waals surface area contributed by atoms with Crippen LogP contribution < -0.4 is 5.73 Å². The highest BCUT2D eigenvalue weighted by Gasteiger charge is 2.63. The number of hydrogen-bond donors (Lipinski definition) is 1. The van der Waals surface area contributed by atoms with E-state index in [0.29, 0.717) is 16.7 Å². The summed E-state index contributed by atoms with van der Waals surface area (Å²) in [5.41, 5.74) is 7.31. The average molecular weight is 525 g/mol. The van der Waals surface area contributed by atoms with Crippen LogP contribution in [-0.2, 0) is 26.1 Å². The fourth-order valence-electron chi connectivity index (χ4n) is 4.14. The molecule has 0 aliphatic carbocycles. The van der Waals surface area contributed by atoms with E-state index in [1.165, 1.54) is 35.5 Å². The standard InChI is InChI=1S/C24H24N6O4S2/c1-29-23(26-27-28-29)36-14-17-13-35-22-24(25,33-2)21(32)30(22)18(17)20(31)34-19(15-9-5-3-6-10-15)16-11-7-4-8-12-16/h3-12,19,22H,13-14,25H2,1-2H3/t22-,24?/m0/s1. The van der Waals surface area contributed by atoms with E-state index in [1.54, 1.807) is 11.7 Å². The molecular formula is C24H24N6O4S2. The van der Waals surface area contributed by atoms with E-state index in [2.05, 4.69) is 15.5 Å². The zero-order valence-electron chi connectivity index (χ0n) is 19.6. The number of ether oxygens (including phenoxy) is 2. The van der Waals surface area contributed by atoms with Crippen LogP contribution in [-0.4, -0.2) is 66.7 Å². The second kappa shape index (κ2) is 10.1. The SMILES string of the molecule is COC1(N)C(=O)N2C(C(=O)OC(c3ccccc3)c3ccccc3)=C(CSc3nnnn3C)CS[C@H]21. The number of tetrazole rings is 1. The molecule has 186 valence electrons. The molecule has 36 heavy (non-hydrogen) atoms. The van der Waals surface area contributed by atoms with Crippen molar-refractivity contribution in [3.63, 3.8) is 0 Å². The molecule has 12 heteroatoms. The van der Waals surface area contributed by atoms with Crippen molar-refractivity contribution >= 4 is 35.4 Å². The summed E-state index contributed by atoms with van der Waals surface area (Å²) in [7, 11) is 3.13. The lowest BCUT2D eigenvalue weighted by Gasteiger charge is -2.54. The second-order valence-corrected chi connectivity index (χ2v) is 10.3. The highest BCUT2D eigenvalue weighted by atomic mass is 32.2. The number of aromatic nitrogens is 4. The van der Waals surface area contributed by atoms with Crippen molar-refractivity contribution in [1.29, 1.82) is 0 Å². The molecule has 3 heterocycles. The summed E-state index contributed by atoms with van der Waals surface area (Å²) < 4.78 is 13.0. The first-order chi connectivity index (χ1) is 17.4. The number of rotatable bonds is 8. The number of aryl methyl sites for hydroxylation is 1. The maximum absolute atomic E-state index is 13.8. The number of fused-ring (bicyclic) bond motifs is 1. The number of nitrogens with zero attached hydrogens (tertiary/aromatic N) is 5. The molecule has 0 radical (unpaired) electrons. The summed E-state index contributed by atoms with van der Waals surface area (Å²) in [6, 6.07) is 19.0. The largest absolute Gasteiger partial charge is 0.448 e. The minimum Gasteiger partial charge on any atom is -0.448 e. The summed E-state index contributed by atoms with van der Waals surface area (Å²) in [6.07, 6.45) is -0.654. The third kappa shape index (κ3) is 4.30. The van der Waals surface area contributed by atoms with Gasteiger partial charge in [0.05, 0.1) is 0 Å². The lowest BCUT2D eigenvalue weighted by molar-refractivity contribution is -0.183. The summed E-state index contributed by atoms with van der Waals surface area (Å²) in [5, 5.41) is 11.6. The number of nitrogens with two attached hydrogens (primary N) is 1. The molecule has 2 N–H and O–H groups in total. The van der Waals surface area contributed by atoms with Gasteiger partial charge >= 0.3 is 5.97 Å². The van der Waals surface area contributed by atoms with Crippen LogP contribution in [0.4, 0.5) is 0 Å². The van der Waals surface area contributed by atoms with Crippen molar-refractivity contribution in [3.8, 4) is 0 Å². The number of carbonyl (C=O) groups is 2. The first kappa shape index (κ1) is 24.5. The van der Waals surface area contributed by atoms with E-state index < -0.39 is 29.1 Å². The van der Waals surface area contributed by atoms with E-state index in [-0.39, 0.29) is 5.70 Å². The van der Waals surface area contributed by atoms with Gasteiger partial charge in [-0.15, -0.1) is 16.9 Å². The summed E-state index contributed by atoms with van der Waals surface area (Å²) in [4.78, 5) is 28.3. The first-order valence-electron chi connectivity index (χ1n) is 11.1. The number of β-lactam (4-membered cyclic amide) rings is 1. The van der Waals surface area contributed by atoms with Crippen molar-refractivity contribution in [2.45, 2.75) is 22.4 Å². The molecule has 0 spiro atoms. The normalized spacial score (nSPS) is 21.4. The molecule has 5 rings (SSSR count). The lowest BCUT2D eigenvalue weighted by Crippen LogP contribution is -2.78. The van der Waals surface area contributed by atoms with Crippen molar-refractivity contribution in [2.24, 2.45) is 12.8 Å². The van der Waals surface area contributed by atoms with Gasteiger partial charge in [0, 0.05) is 25.7 Å². The molecule has 1 saturated heterocycles. The zero-order chi connectivity index (χ0) is 25.3. The highest BCUT2D eigenvalue weighted by molar-refractivity contribution is 8.01. The molecule has 2 atom stereocenters. The Balaban J connectivity index is 1.50. The van der Waals surface area contributed by atoms with Gasteiger partial charge in [-0.3, -0.25) is 15.4 Å². The van der Waals surface area contributed by atoms with Gasteiger partial charge in [0.1, 0.15) is 11.1 Å². The quantitative estimate of drug-likeness (QED) is 0.203. The lowest BCUT2D eigenvalue weighted by atomic mass is 9.99.